The van der Waals surface area contributed by atoms with Crippen molar-refractivity contribution in [3.63, 3.8) is 0 Å². The first kappa shape index (κ1) is 16.3. The molecule has 0 amide bonds. The van der Waals surface area contributed by atoms with Crippen LogP contribution in [0.4, 0.5) is 8.78 Å². The molecule has 5 heteroatoms. The largest absolute Gasteiger partial charge is 0.314 e. The van der Waals surface area contributed by atoms with E-state index < -0.39 is 11.6 Å². The fraction of sp³-hybridized carbons (Fsp3) is 0.625. The van der Waals surface area contributed by atoms with E-state index in [1.807, 2.05) is 0 Å². The Kier molecular flexibility index (Phi) is 6.08. The fourth-order valence-corrected chi connectivity index (χ4v) is 2.95. The highest BCUT2D eigenvalue weighted by Gasteiger charge is 2.23. The van der Waals surface area contributed by atoms with Crippen molar-refractivity contribution in [1.29, 1.82) is 0 Å². The van der Waals surface area contributed by atoms with E-state index in [0.717, 1.165) is 51.4 Å². The zero-order chi connectivity index (χ0) is 15.2. The lowest BCUT2D eigenvalue weighted by atomic mass is 10.0. The SMILES string of the molecule is CCN(CC)C(CN1CCNCC1)c1ccc(F)c(F)c1. The van der Waals surface area contributed by atoms with Gasteiger partial charge in [-0.25, -0.2) is 8.78 Å². The van der Waals surface area contributed by atoms with E-state index in [9.17, 15) is 8.78 Å². The van der Waals surface area contributed by atoms with E-state index in [4.69, 9.17) is 0 Å². The second kappa shape index (κ2) is 7.82. The number of nitrogens with one attached hydrogen (secondary N) is 1. The molecule has 0 aromatic heterocycles. The first-order chi connectivity index (χ1) is 10.2. The van der Waals surface area contributed by atoms with Gasteiger partial charge in [0.05, 0.1) is 0 Å². The molecule has 1 aliphatic rings. The van der Waals surface area contributed by atoms with Gasteiger partial charge in [-0.15, -0.1) is 0 Å². The molecule has 1 saturated heterocycles. The molecular weight excluding hydrogens is 272 g/mol. The standard InChI is InChI=1S/C16H25F2N3/c1-3-21(4-2)16(12-20-9-7-19-8-10-20)13-5-6-14(17)15(18)11-13/h5-6,11,16,19H,3-4,7-10,12H2,1-2H3. The Labute approximate surface area is 125 Å². The van der Waals surface area contributed by atoms with Gasteiger partial charge in [-0.1, -0.05) is 19.9 Å². The molecule has 0 spiro atoms. The van der Waals surface area contributed by atoms with Gasteiger partial charge >= 0.3 is 0 Å². The third kappa shape index (κ3) is 4.22. The van der Waals surface area contributed by atoms with Gasteiger partial charge in [-0.05, 0) is 30.8 Å². The molecule has 0 bridgehead atoms. The van der Waals surface area contributed by atoms with E-state index in [1.165, 1.54) is 12.1 Å². The van der Waals surface area contributed by atoms with Crippen LogP contribution in [0.15, 0.2) is 18.2 Å². The molecule has 1 aliphatic heterocycles. The summed E-state index contributed by atoms with van der Waals surface area (Å²) < 4.78 is 26.8. The summed E-state index contributed by atoms with van der Waals surface area (Å²) in [5.41, 5.74) is 0.858. The minimum atomic E-state index is -0.779. The van der Waals surface area contributed by atoms with Crippen LogP contribution >= 0.6 is 0 Å². The van der Waals surface area contributed by atoms with Gasteiger partial charge in [0.15, 0.2) is 11.6 Å². The van der Waals surface area contributed by atoms with Crippen molar-refractivity contribution in [2.24, 2.45) is 0 Å². The quantitative estimate of drug-likeness (QED) is 0.869. The van der Waals surface area contributed by atoms with Gasteiger partial charge in [-0.2, -0.15) is 0 Å². The number of hydrogen-bond donors (Lipinski definition) is 1. The van der Waals surface area contributed by atoms with Gasteiger partial charge < -0.3 is 5.32 Å². The van der Waals surface area contributed by atoms with Crippen molar-refractivity contribution in [1.82, 2.24) is 15.1 Å². The topological polar surface area (TPSA) is 18.5 Å². The van der Waals surface area contributed by atoms with Crippen LogP contribution in [0.2, 0.25) is 0 Å². The second-order valence-electron chi connectivity index (χ2n) is 5.46. The Hall–Kier alpha value is -1.04. The van der Waals surface area contributed by atoms with Crippen molar-refractivity contribution < 1.29 is 8.78 Å². The average molecular weight is 297 g/mol. The fourth-order valence-electron chi connectivity index (χ4n) is 2.95. The summed E-state index contributed by atoms with van der Waals surface area (Å²) in [7, 11) is 0. The Morgan fingerprint density at radius 1 is 1.14 bits per heavy atom. The molecule has 1 atom stereocenters. The summed E-state index contributed by atoms with van der Waals surface area (Å²) in [5.74, 6) is -1.54. The van der Waals surface area contributed by atoms with Crippen molar-refractivity contribution in [3.8, 4) is 0 Å². The highest BCUT2D eigenvalue weighted by atomic mass is 19.2. The number of likely N-dealkylation sites (N-methyl/N-ethyl adjacent to an activating group) is 1. The van der Waals surface area contributed by atoms with Crippen LogP contribution in [-0.2, 0) is 0 Å². The van der Waals surface area contributed by atoms with Gasteiger partial charge in [0.2, 0.25) is 0 Å². The maximum absolute atomic E-state index is 13.6. The molecule has 1 aromatic rings. The minimum absolute atomic E-state index is 0.105. The number of nitrogens with zero attached hydrogens (tertiary/aromatic N) is 2. The van der Waals surface area contributed by atoms with Crippen LogP contribution in [0.3, 0.4) is 0 Å². The Morgan fingerprint density at radius 2 is 1.81 bits per heavy atom. The smallest absolute Gasteiger partial charge is 0.159 e. The predicted octanol–water partition coefficient (Wildman–Crippen LogP) is 2.25. The summed E-state index contributed by atoms with van der Waals surface area (Å²) in [4.78, 5) is 4.69. The second-order valence-corrected chi connectivity index (χ2v) is 5.46. The number of piperazine rings is 1. The number of hydrogen-bond acceptors (Lipinski definition) is 3. The van der Waals surface area contributed by atoms with E-state index in [-0.39, 0.29) is 6.04 Å². The Bertz CT molecular complexity index is 443. The normalized spacial score (nSPS) is 18.1. The summed E-state index contributed by atoms with van der Waals surface area (Å²) in [6, 6.07) is 4.40. The molecule has 1 fully saturated rings. The third-order valence-corrected chi connectivity index (χ3v) is 4.22. The molecule has 1 unspecified atom stereocenters. The summed E-state index contributed by atoms with van der Waals surface area (Å²) in [6.45, 7) is 10.8. The van der Waals surface area contributed by atoms with Crippen LogP contribution < -0.4 is 5.32 Å². The summed E-state index contributed by atoms with van der Waals surface area (Å²) >= 11 is 0. The van der Waals surface area contributed by atoms with Crippen molar-refractivity contribution in [2.75, 3.05) is 45.8 Å². The number of rotatable bonds is 6. The van der Waals surface area contributed by atoms with E-state index in [0.29, 0.717) is 0 Å². The lowest BCUT2D eigenvalue weighted by molar-refractivity contribution is 0.138. The molecule has 1 heterocycles. The monoisotopic (exact) mass is 297 g/mol. The van der Waals surface area contributed by atoms with Crippen LogP contribution in [0.1, 0.15) is 25.5 Å². The van der Waals surface area contributed by atoms with Crippen molar-refractivity contribution in [2.45, 2.75) is 19.9 Å². The van der Waals surface area contributed by atoms with Crippen LogP contribution in [0, 0.1) is 11.6 Å². The molecule has 118 valence electrons. The lowest BCUT2D eigenvalue weighted by Gasteiger charge is -2.36. The first-order valence-electron chi connectivity index (χ1n) is 7.77. The van der Waals surface area contributed by atoms with E-state index >= 15 is 0 Å². The van der Waals surface area contributed by atoms with Crippen molar-refractivity contribution in [3.05, 3.63) is 35.4 Å². The van der Waals surface area contributed by atoms with E-state index in [2.05, 4.69) is 29.0 Å². The molecule has 21 heavy (non-hydrogen) atoms. The van der Waals surface area contributed by atoms with Gasteiger partial charge in [0, 0.05) is 38.8 Å². The van der Waals surface area contributed by atoms with Crippen molar-refractivity contribution >= 4 is 0 Å². The Balaban J connectivity index is 2.19. The molecule has 1 aromatic carbocycles. The predicted molar refractivity (Wildman–Crippen MR) is 81.3 cm³/mol. The number of benzene rings is 1. The maximum atomic E-state index is 13.6. The molecule has 0 aliphatic carbocycles. The molecule has 1 N–H and O–H groups in total. The molecule has 2 rings (SSSR count). The summed E-state index contributed by atoms with van der Waals surface area (Å²) in [5, 5.41) is 3.34. The summed E-state index contributed by atoms with van der Waals surface area (Å²) in [6.07, 6.45) is 0. The van der Waals surface area contributed by atoms with Crippen LogP contribution in [0.5, 0.6) is 0 Å². The first-order valence-corrected chi connectivity index (χ1v) is 7.77. The van der Waals surface area contributed by atoms with Crippen LogP contribution in [-0.4, -0.2) is 55.6 Å². The van der Waals surface area contributed by atoms with Gasteiger partial charge in [0.25, 0.3) is 0 Å². The highest BCUT2D eigenvalue weighted by molar-refractivity contribution is 5.22. The maximum Gasteiger partial charge on any atom is 0.159 e. The van der Waals surface area contributed by atoms with Crippen LogP contribution in [0.25, 0.3) is 0 Å². The lowest BCUT2D eigenvalue weighted by Crippen LogP contribution is -2.47. The third-order valence-electron chi connectivity index (χ3n) is 4.22. The highest BCUT2D eigenvalue weighted by Crippen LogP contribution is 2.23. The zero-order valence-corrected chi connectivity index (χ0v) is 12.9. The average Bonchev–Trinajstić information content (AvgIpc) is 2.51. The minimum Gasteiger partial charge on any atom is -0.314 e. The van der Waals surface area contributed by atoms with Gasteiger partial charge in [-0.3, -0.25) is 9.80 Å². The molecular formula is C16H25F2N3. The molecule has 0 radical (unpaired) electrons. The molecule has 0 saturated carbocycles. The number of halogens is 2. The van der Waals surface area contributed by atoms with E-state index in [1.54, 1.807) is 6.07 Å². The van der Waals surface area contributed by atoms with Gasteiger partial charge in [0.1, 0.15) is 0 Å². The Morgan fingerprint density at radius 3 is 2.38 bits per heavy atom. The zero-order valence-electron chi connectivity index (χ0n) is 12.9. The molecule has 3 nitrogen and oxygen atoms in total.